The van der Waals surface area contributed by atoms with Gasteiger partial charge >= 0.3 is 0 Å². The molecule has 147 valence electrons. The highest BCUT2D eigenvalue weighted by atomic mass is 16.5. The molecule has 0 saturated heterocycles. The van der Waals surface area contributed by atoms with E-state index >= 15 is 0 Å². The Morgan fingerprint density at radius 2 is 1.80 bits per heavy atom. The molecule has 0 unspecified atom stereocenters. The van der Waals surface area contributed by atoms with Gasteiger partial charge in [-0.3, -0.25) is 4.79 Å². The van der Waals surface area contributed by atoms with Crippen molar-refractivity contribution in [2.24, 2.45) is 5.73 Å². The molecule has 0 aliphatic heterocycles. The first-order chi connectivity index (χ1) is 14.7. The number of carbonyl (C=O) groups is 1. The van der Waals surface area contributed by atoms with Crippen LogP contribution >= 0.6 is 0 Å². The van der Waals surface area contributed by atoms with Crippen molar-refractivity contribution >= 4 is 38.5 Å². The average molecular weight is 393 g/mol. The summed E-state index contributed by atoms with van der Waals surface area (Å²) in [6, 6.07) is 28.0. The molecular formula is C26H21N2O2. The zero-order chi connectivity index (χ0) is 20.7. The fourth-order valence-corrected chi connectivity index (χ4v) is 4.24. The van der Waals surface area contributed by atoms with Gasteiger partial charge in [-0.15, -0.1) is 0 Å². The van der Waals surface area contributed by atoms with Crippen LogP contribution in [0.15, 0.2) is 72.8 Å². The third-order valence-corrected chi connectivity index (χ3v) is 5.59. The Labute approximate surface area is 174 Å². The zero-order valence-electron chi connectivity index (χ0n) is 16.7. The molecule has 4 aromatic carbocycles. The van der Waals surface area contributed by atoms with Crippen LogP contribution in [0.5, 0.6) is 0 Å². The van der Waals surface area contributed by atoms with Crippen molar-refractivity contribution < 1.29 is 9.53 Å². The number of amides is 1. The second-order valence-electron chi connectivity index (χ2n) is 7.53. The summed E-state index contributed by atoms with van der Waals surface area (Å²) in [6.45, 7) is 1.18. The smallest absolute Gasteiger partial charge is 0.249 e. The largest absolute Gasteiger partial charge is 0.380 e. The van der Waals surface area contributed by atoms with Gasteiger partial charge in [-0.25, -0.2) is 0 Å². The van der Waals surface area contributed by atoms with Crippen molar-refractivity contribution in [3.8, 4) is 0 Å². The minimum atomic E-state index is -0.431. The molecule has 1 aromatic heterocycles. The maximum absolute atomic E-state index is 12.1. The summed E-state index contributed by atoms with van der Waals surface area (Å²) in [6.07, 6.45) is 0. The molecule has 0 aliphatic carbocycles. The molecular weight excluding hydrogens is 372 g/mol. The molecule has 0 fully saturated rings. The van der Waals surface area contributed by atoms with E-state index in [-0.39, 0.29) is 0 Å². The van der Waals surface area contributed by atoms with Crippen LogP contribution in [0.4, 0.5) is 0 Å². The van der Waals surface area contributed by atoms with Gasteiger partial charge in [0.2, 0.25) is 5.91 Å². The number of aromatic nitrogens is 1. The van der Waals surface area contributed by atoms with Crippen molar-refractivity contribution in [2.75, 3.05) is 7.11 Å². The second-order valence-corrected chi connectivity index (χ2v) is 7.53. The highest BCUT2D eigenvalue weighted by Gasteiger charge is 2.17. The predicted octanol–water partition coefficient (Wildman–Crippen LogP) is 5.04. The van der Waals surface area contributed by atoms with Crippen molar-refractivity contribution in [1.82, 2.24) is 4.57 Å². The van der Waals surface area contributed by atoms with Gasteiger partial charge in [0, 0.05) is 30.0 Å². The molecule has 2 N–H and O–H groups in total. The van der Waals surface area contributed by atoms with Crippen molar-refractivity contribution in [3.05, 3.63) is 95.6 Å². The maximum atomic E-state index is 12.1. The molecule has 5 rings (SSSR count). The molecule has 30 heavy (non-hydrogen) atoms. The van der Waals surface area contributed by atoms with Gasteiger partial charge in [-0.2, -0.15) is 0 Å². The van der Waals surface area contributed by atoms with Crippen LogP contribution in [0, 0.1) is 6.07 Å². The van der Waals surface area contributed by atoms with Crippen LogP contribution in [0.1, 0.15) is 21.5 Å². The fourth-order valence-electron chi connectivity index (χ4n) is 4.24. The number of hydrogen-bond acceptors (Lipinski definition) is 2. The Balaban J connectivity index is 1.76. The van der Waals surface area contributed by atoms with E-state index < -0.39 is 5.91 Å². The summed E-state index contributed by atoms with van der Waals surface area (Å²) in [5.41, 5.74) is 10.4. The maximum Gasteiger partial charge on any atom is 0.249 e. The lowest BCUT2D eigenvalue weighted by atomic mass is 10.0. The quantitative estimate of drug-likeness (QED) is 0.455. The molecule has 0 bridgehead atoms. The Morgan fingerprint density at radius 3 is 2.60 bits per heavy atom. The summed E-state index contributed by atoms with van der Waals surface area (Å²) in [7, 11) is 1.68. The Hall–Kier alpha value is -3.63. The van der Waals surface area contributed by atoms with Crippen molar-refractivity contribution in [1.29, 1.82) is 0 Å². The number of ether oxygens (including phenoxy) is 1. The molecule has 0 spiro atoms. The number of nitrogens with two attached hydrogens (primary N) is 1. The molecule has 5 aromatic rings. The third kappa shape index (κ3) is 3.02. The number of carbonyl (C=O) groups excluding carboxylic acids is 1. The number of fused-ring (bicyclic) bond motifs is 4. The van der Waals surface area contributed by atoms with E-state index in [0.717, 1.165) is 27.4 Å². The molecule has 1 amide bonds. The van der Waals surface area contributed by atoms with E-state index in [2.05, 4.69) is 53.1 Å². The van der Waals surface area contributed by atoms with Crippen LogP contribution in [0.3, 0.4) is 0 Å². The molecule has 1 heterocycles. The topological polar surface area (TPSA) is 57.2 Å². The normalized spacial score (nSPS) is 11.5. The van der Waals surface area contributed by atoms with Crippen molar-refractivity contribution in [2.45, 2.75) is 13.2 Å². The summed E-state index contributed by atoms with van der Waals surface area (Å²) in [4.78, 5) is 12.1. The summed E-state index contributed by atoms with van der Waals surface area (Å²) in [5, 5.41) is 4.18. The molecule has 0 atom stereocenters. The predicted molar refractivity (Wildman–Crippen MR) is 121 cm³/mol. The molecule has 1 radical (unpaired) electrons. The van der Waals surface area contributed by atoms with Gasteiger partial charge in [0.25, 0.3) is 0 Å². The van der Waals surface area contributed by atoms with Crippen LogP contribution < -0.4 is 5.73 Å². The van der Waals surface area contributed by atoms with Gasteiger partial charge in [-0.1, -0.05) is 42.5 Å². The number of methoxy groups -OCH3 is 1. The molecule has 4 nitrogen and oxygen atoms in total. The van der Waals surface area contributed by atoms with Gasteiger partial charge in [0.1, 0.15) is 0 Å². The SMILES string of the molecule is COCc1c[c]c2c3c(C(N)=O)cccc3n(Cc3ccc4ccccc4c3)c2c1. The minimum Gasteiger partial charge on any atom is -0.380 e. The van der Waals surface area contributed by atoms with Gasteiger partial charge in [0.05, 0.1) is 17.6 Å². The van der Waals surface area contributed by atoms with Crippen molar-refractivity contribution in [3.63, 3.8) is 0 Å². The Bertz CT molecular complexity index is 1420. The molecule has 0 aliphatic rings. The van der Waals surface area contributed by atoms with Gasteiger partial charge in [0.15, 0.2) is 0 Å². The first-order valence-electron chi connectivity index (χ1n) is 9.87. The monoisotopic (exact) mass is 393 g/mol. The highest BCUT2D eigenvalue weighted by molar-refractivity contribution is 6.17. The van der Waals surface area contributed by atoms with E-state index in [1.165, 1.54) is 16.3 Å². The highest BCUT2D eigenvalue weighted by Crippen LogP contribution is 2.33. The van der Waals surface area contributed by atoms with E-state index in [1.54, 1.807) is 13.2 Å². The number of rotatable bonds is 5. The number of primary amides is 1. The van der Waals surface area contributed by atoms with Crippen LogP contribution in [0.25, 0.3) is 32.6 Å². The number of hydrogen-bond donors (Lipinski definition) is 1. The second kappa shape index (κ2) is 7.32. The Kier molecular flexibility index (Phi) is 4.49. The lowest BCUT2D eigenvalue weighted by Crippen LogP contribution is -2.11. The lowest BCUT2D eigenvalue weighted by Gasteiger charge is -2.10. The van der Waals surface area contributed by atoms with E-state index in [0.29, 0.717) is 18.7 Å². The zero-order valence-corrected chi connectivity index (χ0v) is 16.7. The van der Waals surface area contributed by atoms with Crippen LogP contribution in [0.2, 0.25) is 0 Å². The third-order valence-electron chi connectivity index (χ3n) is 5.59. The van der Waals surface area contributed by atoms with Gasteiger partial charge < -0.3 is 15.0 Å². The number of benzene rings is 4. The summed E-state index contributed by atoms with van der Waals surface area (Å²) >= 11 is 0. The minimum absolute atomic E-state index is 0.431. The van der Waals surface area contributed by atoms with E-state index in [1.807, 2.05) is 24.3 Å². The fraction of sp³-hybridized carbons (Fsp3) is 0.115. The summed E-state index contributed by atoms with van der Waals surface area (Å²) in [5.74, 6) is -0.431. The van der Waals surface area contributed by atoms with E-state index in [4.69, 9.17) is 10.5 Å². The summed E-state index contributed by atoms with van der Waals surface area (Å²) < 4.78 is 7.55. The number of nitrogens with zero attached hydrogens (tertiary/aromatic N) is 1. The average Bonchev–Trinajstić information content (AvgIpc) is 3.07. The van der Waals surface area contributed by atoms with Gasteiger partial charge in [-0.05, 0) is 58.3 Å². The lowest BCUT2D eigenvalue weighted by molar-refractivity contribution is 0.100. The standard InChI is InChI=1S/C26H21N2O2/c1-30-16-18-10-12-21-24(14-18)28(23-8-4-7-22(25(21)23)26(27)29)15-17-9-11-19-5-2-3-6-20(19)13-17/h2-11,13-14H,15-16H2,1H3,(H2,27,29). The molecule has 4 heteroatoms. The Morgan fingerprint density at radius 1 is 0.967 bits per heavy atom. The van der Waals surface area contributed by atoms with Crippen LogP contribution in [-0.2, 0) is 17.9 Å². The van der Waals surface area contributed by atoms with Crippen LogP contribution in [-0.4, -0.2) is 17.6 Å². The van der Waals surface area contributed by atoms with E-state index in [9.17, 15) is 4.79 Å². The first kappa shape index (κ1) is 18.4. The molecule has 0 saturated carbocycles. The first-order valence-corrected chi connectivity index (χ1v) is 9.87.